The Morgan fingerprint density at radius 3 is 2.65 bits per heavy atom. The molecule has 0 saturated carbocycles. The van der Waals surface area contributed by atoms with E-state index in [0.29, 0.717) is 12.1 Å². The van der Waals surface area contributed by atoms with Crippen LogP contribution in [0.3, 0.4) is 0 Å². The Bertz CT molecular complexity index is 474. The summed E-state index contributed by atoms with van der Waals surface area (Å²) in [4.78, 5) is 22.9. The number of hydrogen-bond donors (Lipinski definition) is 3. The molecule has 0 fully saturated rings. The third kappa shape index (κ3) is 5.01. The molecule has 0 spiro atoms. The van der Waals surface area contributed by atoms with Gasteiger partial charge in [0.05, 0.1) is 12.1 Å². The molecule has 1 aromatic rings. The van der Waals surface area contributed by atoms with Crippen LogP contribution in [-0.4, -0.2) is 17.9 Å². The molecule has 0 aliphatic carbocycles. The minimum absolute atomic E-state index is 0.121. The van der Waals surface area contributed by atoms with E-state index in [1.807, 2.05) is 38.1 Å². The molecule has 110 valence electrons. The summed E-state index contributed by atoms with van der Waals surface area (Å²) < 4.78 is 0. The van der Waals surface area contributed by atoms with E-state index < -0.39 is 6.04 Å². The van der Waals surface area contributed by atoms with Crippen molar-refractivity contribution in [3.63, 3.8) is 0 Å². The minimum Gasteiger partial charge on any atom is -0.348 e. The van der Waals surface area contributed by atoms with E-state index >= 15 is 0 Å². The summed E-state index contributed by atoms with van der Waals surface area (Å²) >= 11 is 0. The quantitative estimate of drug-likeness (QED) is 0.743. The number of carbonyl (C=O) groups excluding carboxylic acids is 2. The Balaban J connectivity index is 2.69. The van der Waals surface area contributed by atoms with Crippen LogP contribution in [0.1, 0.15) is 45.2 Å². The Kier molecular flexibility index (Phi) is 6.18. The summed E-state index contributed by atoms with van der Waals surface area (Å²) in [6, 6.07) is 6.77. The molecule has 0 radical (unpaired) electrons. The van der Waals surface area contributed by atoms with Gasteiger partial charge in [0.2, 0.25) is 11.8 Å². The van der Waals surface area contributed by atoms with Crippen molar-refractivity contribution in [2.24, 2.45) is 5.73 Å². The second-order valence-corrected chi connectivity index (χ2v) is 4.93. The summed E-state index contributed by atoms with van der Waals surface area (Å²) in [5, 5.41) is 5.60. The first-order valence-electron chi connectivity index (χ1n) is 6.87. The van der Waals surface area contributed by atoms with Gasteiger partial charge in [-0.25, -0.2) is 0 Å². The number of amides is 2. The molecule has 1 rings (SSSR count). The summed E-state index contributed by atoms with van der Waals surface area (Å²) in [7, 11) is 0. The van der Waals surface area contributed by atoms with Crippen LogP contribution in [0.4, 0.5) is 5.69 Å². The first kappa shape index (κ1) is 16.2. The molecule has 5 heteroatoms. The first-order chi connectivity index (χ1) is 9.43. The van der Waals surface area contributed by atoms with Gasteiger partial charge in [-0.3, -0.25) is 9.59 Å². The van der Waals surface area contributed by atoms with Crippen molar-refractivity contribution >= 4 is 17.5 Å². The molecule has 0 bridgehead atoms. The SMILES string of the molecule is CCC[C@H](N)C(=O)NC(C)c1cccc(NC(C)=O)c1. The Hall–Kier alpha value is -1.88. The standard InChI is InChI=1S/C15H23N3O2/c1-4-6-14(16)15(20)17-10(2)12-7-5-8-13(9-12)18-11(3)19/h5,7-10,14H,4,6,16H2,1-3H3,(H,17,20)(H,18,19)/t10?,14-/m0/s1. The van der Waals surface area contributed by atoms with E-state index in [1.165, 1.54) is 6.92 Å². The van der Waals surface area contributed by atoms with Crippen molar-refractivity contribution in [2.75, 3.05) is 5.32 Å². The smallest absolute Gasteiger partial charge is 0.237 e. The molecule has 0 aliphatic heterocycles. The Morgan fingerprint density at radius 1 is 1.35 bits per heavy atom. The molecule has 0 saturated heterocycles. The second-order valence-electron chi connectivity index (χ2n) is 4.93. The Morgan fingerprint density at radius 2 is 2.05 bits per heavy atom. The van der Waals surface area contributed by atoms with Gasteiger partial charge in [-0.05, 0) is 31.0 Å². The molecule has 20 heavy (non-hydrogen) atoms. The topological polar surface area (TPSA) is 84.2 Å². The van der Waals surface area contributed by atoms with E-state index in [-0.39, 0.29) is 17.9 Å². The van der Waals surface area contributed by atoms with Crippen LogP contribution in [0.25, 0.3) is 0 Å². The minimum atomic E-state index is -0.471. The van der Waals surface area contributed by atoms with E-state index in [4.69, 9.17) is 5.73 Å². The summed E-state index contributed by atoms with van der Waals surface area (Å²) in [6.07, 6.45) is 1.55. The van der Waals surface area contributed by atoms with Gasteiger partial charge >= 0.3 is 0 Å². The molecule has 4 N–H and O–H groups in total. The molecular weight excluding hydrogens is 254 g/mol. The van der Waals surface area contributed by atoms with Gasteiger partial charge in [0.1, 0.15) is 0 Å². The second kappa shape index (κ2) is 7.65. The van der Waals surface area contributed by atoms with Crippen LogP contribution in [-0.2, 0) is 9.59 Å². The fourth-order valence-corrected chi connectivity index (χ4v) is 1.93. The fourth-order valence-electron chi connectivity index (χ4n) is 1.93. The van der Waals surface area contributed by atoms with Gasteiger partial charge in [0, 0.05) is 12.6 Å². The van der Waals surface area contributed by atoms with Crippen molar-refractivity contribution in [1.29, 1.82) is 0 Å². The normalized spacial score (nSPS) is 13.4. The predicted molar refractivity (Wildman–Crippen MR) is 80.2 cm³/mol. The maximum atomic E-state index is 11.9. The van der Waals surface area contributed by atoms with Gasteiger partial charge in [-0.1, -0.05) is 25.5 Å². The molecule has 1 unspecified atom stereocenters. The molecule has 2 atom stereocenters. The predicted octanol–water partition coefficient (Wildman–Crippen LogP) is 1.95. The lowest BCUT2D eigenvalue weighted by molar-refractivity contribution is -0.123. The monoisotopic (exact) mass is 277 g/mol. The van der Waals surface area contributed by atoms with Crippen molar-refractivity contribution in [3.8, 4) is 0 Å². The maximum absolute atomic E-state index is 11.9. The highest BCUT2D eigenvalue weighted by atomic mass is 16.2. The van der Waals surface area contributed by atoms with E-state index in [9.17, 15) is 9.59 Å². The number of rotatable bonds is 6. The van der Waals surface area contributed by atoms with Gasteiger partial charge in [0.25, 0.3) is 0 Å². The lowest BCUT2D eigenvalue weighted by Crippen LogP contribution is -2.41. The van der Waals surface area contributed by atoms with Crippen molar-refractivity contribution in [1.82, 2.24) is 5.32 Å². The zero-order valence-electron chi connectivity index (χ0n) is 12.3. The third-order valence-electron chi connectivity index (χ3n) is 3.00. The van der Waals surface area contributed by atoms with E-state index in [2.05, 4.69) is 10.6 Å². The lowest BCUT2D eigenvalue weighted by Gasteiger charge is -2.18. The average Bonchev–Trinajstić information content (AvgIpc) is 2.38. The highest BCUT2D eigenvalue weighted by Crippen LogP contribution is 2.17. The zero-order valence-corrected chi connectivity index (χ0v) is 12.3. The van der Waals surface area contributed by atoms with E-state index in [0.717, 1.165) is 12.0 Å². The van der Waals surface area contributed by atoms with E-state index in [1.54, 1.807) is 0 Å². The molecular formula is C15H23N3O2. The van der Waals surface area contributed by atoms with Gasteiger partial charge in [-0.2, -0.15) is 0 Å². The van der Waals surface area contributed by atoms with Crippen LogP contribution < -0.4 is 16.4 Å². The molecule has 2 amide bonds. The van der Waals surface area contributed by atoms with Crippen molar-refractivity contribution in [3.05, 3.63) is 29.8 Å². The highest BCUT2D eigenvalue weighted by molar-refractivity contribution is 5.88. The zero-order chi connectivity index (χ0) is 15.1. The number of hydrogen-bond acceptors (Lipinski definition) is 3. The summed E-state index contributed by atoms with van der Waals surface area (Å²) in [5.74, 6) is -0.270. The Labute approximate surface area is 119 Å². The largest absolute Gasteiger partial charge is 0.348 e. The molecule has 0 aromatic heterocycles. The maximum Gasteiger partial charge on any atom is 0.237 e. The van der Waals surface area contributed by atoms with Crippen molar-refractivity contribution < 1.29 is 9.59 Å². The number of nitrogens with two attached hydrogens (primary N) is 1. The van der Waals surface area contributed by atoms with Crippen LogP contribution in [0.5, 0.6) is 0 Å². The molecule has 0 heterocycles. The van der Waals surface area contributed by atoms with Gasteiger partial charge in [-0.15, -0.1) is 0 Å². The molecule has 0 aliphatic rings. The first-order valence-corrected chi connectivity index (χ1v) is 6.87. The number of benzene rings is 1. The highest BCUT2D eigenvalue weighted by Gasteiger charge is 2.15. The third-order valence-corrected chi connectivity index (χ3v) is 3.00. The van der Waals surface area contributed by atoms with Crippen molar-refractivity contribution in [2.45, 2.75) is 45.7 Å². The van der Waals surface area contributed by atoms with Crippen LogP contribution in [0.15, 0.2) is 24.3 Å². The van der Waals surface area contributed by atoms with Crippen LogP contribution in [0, 0.1) is 0 Å². The number of anilines is 1. The lowest BCUT2D eigenvalue weighted by atomic mass is 10.1. The average molecular weight is 277 g/mol. The van der Waals surface area contributed by atoms with Gasteiger partial charge < -0.3 is 16.4 Å². The van der Waals surface area contributed by atoms with Gasteiger partial charge in [0.15, 0.2) is 0 Å². The molecule has 5 nitrogen and oxygen atoms in total. The number of nitrogens with one attached hydrogen (secondary N) is 2. The van der Waals surface area contributed by atoms with Crippen LogP contribution >= 0.6 is 0 Å². The summed E-state index contributed by atoms with van der Waals surface area (Å²) in [6.45, 7) is 5.35. The number of carbonyl (C=O) groups is 2. The fraction of sp³-hybridized carbons (Fsp3) is 0.467. The van der Waals surface area contributed by atoms with Crippen LogP contribution in [0.2, 0.25) is 0 Å². The molecule has 1 aromatic carbocycles. The summed E-state index contributed by atoms with van der Waals surface area (Å²) in [5.41, 5.74) is 7.42.